The van der Waals surface area contributed by atoms with Gasteiger partial charge in [0.25, 0.3) is 0 Å². The molecule has 0 saturated heterocycles. The highest BCUT2D eigenvalue weighted by molar-refractivity contribution is 6.31. The summed E-state index contributed by atoms with van der Waals surface area (Å²) in [6.07, 6.45) is 0.589. The van der Waals surface area contributed by atoms with Crippen molar-refractivity contribution in [2.24, 2.45) is 11.8 Å². The van der Waals surface area contributed by atoms with Gasteiger partial charge in [-0.3, -0.25) is 9.59 Å². The van der Waals surface area contributed by atoms with E-state index in [9.17, 15) is 9.59 Å². The first-order valence-electron chi connectivity index (χ1n) is 7.93. The van der Waals surface area contributed by atoms with E-state index in [4.69, 9.17) is 11.6 Å². The Kier molecular flexibility index (Phi) is 4.86. The molecule has 3 rings (SSSR count). The molecule has 2 aromatic rings. The molecule has 24 heavy (non-hydrogen) atoms. The van der Waals surface area contributed by atoms with Crippen molar-refractivity contribution in [1.29, 1.82) is 0 Å². The minimum Gasteiger partial charge on any atom is -0.352 e. The van der Waals surface area contributed by atoms with Gasteiger partial charge in [-0.25, -0.2) is 0 Å². The summed E-state index contributed by atoms with van der Waals surface area (Å²) in [6, 6.07) is 15.1. The van der Waals surface area contributed by atoms with Crippen molar-refractivity contribution < 1.29 is 9.59 Å². The van der Waals surface area contributed by atoms with Crippen molar-refractivity contribution in [2.45, 2.75) is 19.9 Å². The quantitative estimate of drug-likeness (QED) is 0.873. The average Bonchev–Trinajstić information content (AvgIpc) is 3.38. The summed E-state index contributed by atoms with van der Waals surface area (Å²) in [4.78, 5) is 24.4. The van der Waals surface area contributed by atoms with Crippen LogP contribution < -0.4 is 10.6 Å². The largest absolute Gasteiger partial charge is 0.352 e. The number of hydrogen-bond acceptors (Lipinski definition) is 2. The van der Waals surface area contributed by atoms with Gasteiger partial charge >= 0.3 is 0 Å². The maximum Gasteiger partial charge on any atom is 0.228 e. The predicted octanol–water partition coefficient (Wildman–Crippen LogP) is 3.54. The van der Waals surface area contributed by atoms with Crippen LogP contribution >= 0.6 is 11.6 Å². The minimum absolute atomic E-state index is 0.0686. The molecular formula is C19H19ClN2O2. The van der Waals surface area contributed by atoms with Crippen LogP contribution in [0.2, 0.25) is 5.02 Å². The lowest BCUT2D eigenvalue weighted by atomic mass is 10.2. The zero-order chi connectivity index (χ0) is 17.1. The second-order valence-corrected chi connectivity index (χ2v) is 6.51. The first-order chi connectivity index (χ1) is 11.5. The third-order valence-electron chi connectivity index (χ3n) is 4.21. The Morgan fingerprint density at radius 2 is 1.79 bits per heavy atom. The standard InChI is InChI=1S/C19H19ClN2O2/c1-12-7-8-14(9-17(12)20)22-19(24)16-10-15(16)18(23)21-11-13-5-3-2-4-6-13/h2-9,15-16H,10-11H2,1H3,(H,21,23)(H,22,24). The van der Waals surface area contributed by atoms with Crippen LogP contribution in [0.1, 0.15) is 17.5 Å². The highest BCUT2D eigenvalue weighted by Gasteiger charge is 2.47. The fraction of sp³-hybridized carbons (Fsp3) is 0.263. The minimum atomic E-state index is -0.263. The number of aryl methyl sites for hydroxylation is 1. The molecular weight excluding hydrogens is 324 g/mol. The first-order valence-corrected chi connectivity index (χ1v) is 8.31. The topological polar surface area (TPSA) is 58.2 Å². The highest BCUT2D eigenvalue weighted by Crippen LogP contribution is 2.39. The maximum absolute atomic E-state index is 12.2. The van der Waals surface area contributed by atoms with Gasteiger partial charge in [-0.05, 0) is 36.6 Å². The van der Waals surface area contributed by atoms with Crippen LogP contribution in [0, 0.1) is 18.8 Å². The number of carbonyl (C=O) groups excluding carboxylic acids is 2. The van der Waals surface area contributed by atoms with Crippen LogP contribution in [0.3, 0.4) is 0 Å². The Labute approximate surface area is 146 Å². The van der Waals surface area contributed by atoms with Gasteiger partial charge in [0, 0.05) is 17.3 Å². The Morgan fingerprint density at radius 3 is 2.50 bits per heavy atom. The molecule has 1 aliphatic carbocycles. The fourth-order valence-electron chi connectivity index (χ4n) is 2.60. The summed E-state index contributed by atoms with van der Waals surface area (Å²) in [5, 5.41) is 6.33. The highest BCUT2D eigenvalue weighted by atomic mass is 35.5. The number of nitrogens with one attached hydrogen (secondary N) is 2. The van der Waals surface area contributed by atoms with Crippen LogP contribution in [-0.4, -0.2) is 11.8 Å². The molecule has 5 heteroatoms. The van der Waals surface area contributed by atoms with Crippen LogP contribution in [-0.2, 0) is 16.1 Å². The number of amides is 2. The van der Waals surface area contributed by atoms with E-state index in [0.717, 1.165) is 11.1 Å². The van der Waals surface area contributed by atoms with Crippen molar-refractivity contribution in [2.75, 3.05) is 5.32 Å². The molecule has 2 N–H and O–H groups in total. The van der Waals surface area contributed by atoms with Gasteiger partial charge < -0.3 is 10.6 Å². The van der Waals surface area contributed by atoms with Gasteiger partial charge in [0.05, 0.1) is 11.8 Å². The Balaban J connectivity index is 1.49. The van der Waals surface area contributed by atoms with E-state index >= 15 is 0 Å². The third kappa shape index (κ3) is 3.95. The lowest BCUT2D eigenvalue weighted by molar-refractivity contribution is -0.125. The van der Waals surface area contributed by atoms with Crippen LogP contribution in [0.4, 0.5) is 5.69 Å². The molecule has 2 unspecified atom stereocenters. The summed E-state index contributed by atoms with van der Waals surface area (Å²) in [5.74, 6) is -0.703. The molecule has 0 aromatic heterocycles. The summed E-state index contributed by atoms with van der Waals surface area (Å²) < 4.78 is 0. The number of benzene rings is 2. The zero-order valence-electron chi connectivity index (χ0n) is 13.4. The SMILES string of the molecule is Cc1ccc(NC(=O)C2CC2C(=O)NCc2ccccc2)cc1Cl. The molecule has 0 aliphatic heterocycles. The smallest absolute Gasteiger partial charge is 0.228 e. The van der Waals surface area contributed by atoms with Crippen molar-refractivity contribution >= 4 is 29.1 Å². The van der Waals surface area contributed by atoms with Gasteiger partial charge in [0.1, 0.15) is 0 Å². The van der Waals surface area contributed by atoms with Crippen LogP contribution in [0.25, 0.3) is 0 Å². The van der Waals surface area contributed by atoms with E-state index < -0.39 is 0 Å². The predicted molar refractivity (Wildman–Crippen MR) is 94.7 cm³/mol. The zero-order valence-corrected chi connectivity index (χ0v) is 14.1. The molecule has 0 heterocycles. The molecule has 0 bridgehead atoms. The molecule has 1 saturated carbocycles. The molecule has 124 valence electrons. The number of carbonyl (C=O) groups is 2. The van der Waals surface area contributed by atoms with E-state index in [1.807, 2.05) is 49.4 Å². The fourth-order valence-corrected chi connectivity index (χ4v) is 2.78. The van der Waals surface area contributed by atoms with E-state index in [2.05, 4.69) is 10.6 Å². The summed E-state index contributed by atoms with van der Waals surface area (Å²) in [5.41, 5.74) is 2.66. The molecule has 1 aliphatic rings. The number of hydrogen-bond donors (Lipinski definition) is 2. The molecule has 1 fully saturated rings. The second kappa shape index (κ2) is 7.05. The van der Waals surface area contributed by atoms with E-state index in [1.54, 1.807) is 6.07 Å². The third-order valence-corrected chi connectivity index (χ3v) is 4.62. The van der Waals surface area contributed by atoms with Crippen LogP contribution in [0.5, 0.6) is 0 Å². The molecule has 4 nitrogen and oxygen atoms in total. The Morgan fingerprint density at radius 1 is 1.08 bits per heavy atom. The molecule has 2 atom stereocenters. The number of rotatable bonds is 5. The van der Waals surface area contributed by atoms with E-state index in [-0.39, 0.29) is 23.7 Å². The maximum atomic E-state index is 12.2. The van der Waals surface area contributed by atoms with Crippen molar-refractivity contribution in [3.63, 3.8) is 0 Å². The van der Waals surface area contributed by atoms with Crippen LogP contribution in [0.15, 0.2) is 48.5 Å². The summed E-state index contributed by atoms with van der Waals surface area (Å²) in [7, 11) is 0. The Hall–Kier alpha value is -2.33. The number of anilines is 1. The van der Waals surface area contributed by atoms with E-state index in [1.165, 1.54) is 0 Å². The van der Waals surface area contributed by atoms with Crippen molar-refractivity contribution in [1.82, 2.24) is 5.32 Å². The summed E-state index contributed by atoms with van der Waals surface area (Å²) in [6.45, 7) is 2.39. The van der Waals surface area contributed by atoms with Gasteiger partial charge in [-0.1, -0.05) is 48.0 Å². The lowest BCUT2D eigenvalue weighted by Crippen LogP contribution is -2.27. The second-order valence-electron chi connectivity index (χ2n) is 6.11. The van der Waals surface area contributed by atoms with Gasteiger partial charge in [0.2, 0.25) is 11.8 Å². The molecule has 0 radical (unpaired) electrons. The van der Waals surface area contributed by atoms with Gasteiger partial charge in [-0.15, -0.1) is 0 Å². The van der Waals surface area contributed by atoms with Crippen molar-refractivity contribution in [3.8, 4) is 0 Å². The molecule has 2 aromatic carbocycles. The number of halogens is 1. The lowest BCUT2D eigenvalue weighted by Gasteiger charge is -2.07. The average molecular weight is 343 g/mol. The van der Waals surface area contributed by atoms with E-state index in [0.29, 0.717) is 23.7 Å². The van der Waals surface area contributed by atoms with Gasteiger partial charge in [-0.2, -0.15) is 0 Å². The monoisotopic (exact) mass is 342 g/mol. The van der Waals surface area contributed by atoms with Gasteiger partial charge in [0.15, 0.2) is 0 Å². The molecule has 2 amide bonds. The van der Waals surface area contributed by atoms with Crippen molar-refractivity contribution in [3.05, 3.63) is 64.7 Å². The normalized spacial score (nSPS) is 18.8. The molecule has 0 spiro atoms. The summed E-state index contributed by atoms with van der Waals surface area (Å²) >= 11 is 6.06. The first kappa shape index (κ1) is 16.5. The Bertz CT molecular complexity index is 761.